The van der Waals surface area contributed by atoms with Crippen LogP contribution in [0.3, 0.4) is 0 Å². The Labute approximate surface area is 113 Å². The predicted octanol–water partition coefficient (Wildman–Crippen LogP) is 2.26. The van der Waals surface area contributed by atoms with E-state index in [0.29, 0.717) is 0 Å². The highest BCUT2D eigenvalue weighted by Crippen LogP contribution is 2.26. The first-order chi connectivity index (χ1) is 8.77. The molecule has 1 aromatic rings. The maximum absolute atomic E-state index is 12.3. The number of carbonyl (C=O) groups is 1. The Hall–Kier alpha value is -1.00. The van der Waals surface area contributed by atoms with Crippen molar-refractivity contribution in [1.82, 2.24) is 10.2 Å². The van der Waals surface area contributed by atoms with Crippen molar-refractivity contribution < 1.29 is 4.79 Å². The third kappa shape index (κ3) is 2.70. The largest absolute Gasteiger partial charge is 0.321 e. The van der Waals surface area contributed by atoms with Crippen molar-refractivity contribution >= 4 is 17.7 Å². The summed E-state index contributed by atoms with van der Waals surface area (Å²) in [6.07, 6.45) is 2.96. The third-order valence-corrected chi connectivity index (χ3v) is 3.90. The number of nitrogens with zero attached hydrogens (tertiary/aromatic N) is 1. The van der Waals surface area contributed by atoms with Gasteiger partial charge in [0, 0.05) is 12.3 Å². The summed E-state index contributed by atoms with van der Waals surface area (Å²) in [6, 6.07) is 10.2. The van der Waals surface area contributed by atoms with Crippen molar-refractivity contribution in [2.24, 2.45) is 0 Å². The van der Waals surface area contributed by atoms with Crippen LogP contribution in [-0.2, 0) is 4.79 Å². The van der Waals surface area contributed by atoms with Gasteiger partial charge < -0.3 is 4.90 Å². The molecule has 1 aliphatic rings. The van der Waals surface area contributed by atoms with Gasteiger partial charge in [0.05, 0.1) is 6.04 Å². The molecule has 0 saturated carbocycles. The Morgan fingerprint density at radius 3 is 2.67 bits per heavy atom. The minimum atomic E-state index is -0.0305. The van der Waals surface area contributed by atoms with Crippen LogP contribution < -0.4 is 5.32 Å². The fraction of sp³-hybridized carbons (Fsp3) is 0.500. The number of thioether (sulfide) groups is 1. The minimum Gasteiger partial charge on any atom is -0.321 e. The van der Waals surface area contributed by atoms with Crippen molar-refractivity contribution in [2.45, 2.75) is 25.6 Å². The van der Waals surface area contributed by atoms with E-state index in [-0.39, 0.29) is 18.1 Å². The van der Waals surface area contributed by atoms with Crippen molar-refractivity contribution in [3.8, 4) is 0 Å². The zero-order valence-corrected chi connectivity index (χ0v) is 11.7. The predicted molar refractivity (Wildman–Crippen MR) is 76.5 cm³/mol. The van der Waals surface area contributed by atoms with Gasteiger partial charge in [-0.2, -0.15) is 11.8 Å². The second kappa shape index (κ2) is 6.25. The minimum absolute atomic E-state index is 0.0305. The molecule has 0 spiro atoms. The summed E-state index contributed by atoms with van der Waals surface area (Å²) in [7, 11) is 0. The molecule has 0 aromatic heterocycles. The SMILES string of the molecule is CCC1NC(c2ccccc2)N(CCSC)C1=O. The van der Waals surface area contributed by atoms with E-state index in [9.17, 15) is 4.79 Å². The molecule has 3 nitrogen and oxygen atoms in total. The molecule has 2 atom stereocenters. The van der Waals surface area contributed by atoms with Crippen LogP contribution in [0.15, 0.2) is 30.3 Å². The molecule has 4 heteroatoms. The molecule has 0 aliphatic carbocycles. The van der Waals surface area contributed by atoms with E-state index in [1.165, 1.54) is 5.56 Å². The van der Waals surface area contributed by atoms with Crippen molar-refractivity contribution in [1.29, 1.82) is 0 Å². The van der Waals surface area contributed by atoms with E-state index in [4.69, 9.17) is 0 Å². The lowest BCUT2D eigenvalue weighted by Gasteiger charge is -2.24. The average molecular weight is 264 g/mol. The Kier molecular flexibility index (Phi) is 4.66. The van der Waals surface area contributed by atoms with Gasteiger partial charge in [-0.3, -0.25) is 10.1 Å². The van der Waals surface area contributed by atoms with Crippen LogP contribution in [0, 0.1) is 0 Å². The zero-order valence-electron chi connectivity index (χ0n) is 10.9. The summed E-state index contributed by atoms with van der Waals surface area (Å²) < 4.78 is 0. The van der Waals surface area contributed by atoms with Gasteiger partial charge in [-0.1, -0.05) is 37.3 Å². The smallest absolute Gasteiger partial charge is 0.241 e. The molecular weight excluding hydrogens is 244 g/mol. The normalized spacial score (nSPS) is 23.7. The molecule has 0 bridgehead atoms. The van der Waals surface area contributed by atoms with Gasteiger partial charge in [-0.15, -0.1) is 0 Å². The van der Waals surface area contributed by atoms with Gasteiger partial charge in [0.15, 0.2) is 0 Å². The summed E-state index contributed by atoms with van der Waals surface area (Å²) >= 11 is 1.77. The molecule has 1 aliphatic heterocycles. The molecule has 1 N–H and O–H groups in total. The maximum Gasteiger partial charge on any atom is 0.241 e. The van der Waals surface area contributed by atoms with Crippen LogP contribution in [0.25, 0.3) is 0 Å². The first kappa shape index (κ1) is 13.4. The van der Waals surface area contributed by atoms with E-state index in [1.807, 2.05) is 23.1 Å². The second-order valence-electron chi connectivity index (χ2n) is 4.47. The van der Waals surface area contributed by atoms with E-state index < -0.39 is 0 Å². The standard InChI is InChI=1S/C14H20N2OS/c1-3-12-14(17)16(9-10-18-2)13(15-12)11-7-5-4-6-8-11/h4-8,12-13,15H,3,9-10H2,1-2H3. The van der Waals surface area contributed by atoms with Crippen LogP contribution in [-0.4, -0.2) is 35.4 Å². The lowest BCUT2D eigenvalue weighted by molar-refractivity contribution is -0.129. The fourth-order valence-electron chi connectivity index (χ4n) is 2.31. The lowest BCUT2D eigenvalue weighted by atomic mass is 10.1. The van der Waals surface area contributed by atoms with Crippen LogP contribution in [0.1, 0.15) is 25.1 Å². The number of rotatable bonds is 5. The van der Waals surface area contributed by atoms with E-state index in [2.05, 4.69) is 30.6 Å². The Morgan fingerprint density at radius 1 is 1.33 bits per heavy atom. The molecule has 1 fully saturated rings. The first-order valence-corrected chi connectivity index (χ1v) is 7.77. The Morgan fingerprint density at radius 2 is 2.06 bits per heavy atom. The summed E-state index contributed by atoms with van der Waals surface area (Å²) in [4.78, 5) is 14.3. The Balaban J connectivity index is 2.18. The number of hydrogen-bond acceptors (Lipinski definition) is 3. The number of benzene rings is 1. The quantitative estimate of drug-likeness (QED) is 0.885. The molecule has 0 radical (unpaired) electrons. The van der Waals surface area contributed by atoms with Crippen molar-refractivity contribution in [3.05, 3.63) is 35.9 Å². The van der Waals surface area contributed by atoms with Gasteiger partial charge in [0.1, 0.15) is 6.17 Å². The molecular formula is C14H20N2OS. The summed E-state index contributed by atoms with van der Waals surface area (Å²) in [5, 5.41) is 3.43. The van der Waals surface area contributed by atoms with Crippen LogP contribution in [0.4, 0.5) is 0 Å². The van der Waals surface area contributed by atoms with E-state index in [0.717, 1.165) is 18.7 Å². The highest BCUT2D eigenvalue weighted by Gasteiger charge is 2.37. The monoisotopic (exact) mass is 264 g/mol. The molecule has 1 aromatic carbocycles. The number of carbonyl (C=O) groups excluding carboxylic acids is 1. The van der Waals surface area contributed by atoms with E-state index in [1.54, 1.807) is 11.8 Å². The van der Waals surface area contributed by atoms with Gasteiger partial charge in [0.2, 0.25) is 5.91 Å². The highest BCUT2D eigenvalue weighted by atomic mass is 32.2. The third-order valence-electron chi connectivity index (χ3n) is 3.31. The van der Waals surface area contributed by atoms with Crippen molar-refractivity contribution in [2.75, 3.05) is 18.6 Å². The van der Waals surface area contributed by atoms with Crippen LogP contribution >= 0.6 is 11.8 Å². The van der Waals surface area contributed by atoms with Crippen LogP contribution in [0.5, 0.6) is 0 Å². The number of nitrogens with one attached hydrogen (secondary N) is 1. The van der Waals surface area contributed by atoms with Gasteiger partial charge in [0.25, 0.3) is 0 Å². The molecule has 98 valence electrons. The van der Waals surface area contributed by atoms with E-state index >= 15 is 0 Å². The molecule has 18 heavy (non-hydrogen) atoms. The number of hydrogen-bond donors (Lipinski definition) is 1. The summed E-state index contributed by atoms with van der Waals surface area (Å²) in [5.74, 6) is 1.22. The number of amides is 1. The Bertz CT molecular complexity index is 396. The highest BCUT2D eigenvalue weighted by molar-refractivity contribution is 7.98. The lowest BCUT2D eigenvalue weighted by Crippen LogP contribution is -2.32. The average Bonchev–Trinajstić information content (AvgIpc) is 2.74. The van der Waals surface area contributed by atoms with Gasteiger partial charge in [-0.05, 0) is 18.2 Å². The fourth-order valence-corrected chi connectivity index (χ4v) is 2.69. The van der Waals surface area contributed by atoms with Gasteiger partial charge in [-0.25, -0.2) is 0 Å². The summed E-state index contributed by atoms with van der Waals surface area (Å²) in [6.45, 7) is 2.86. The van der Waals surface area contributed by atoms with Crippen LogP contribution in [0.2, 0.25) is 0 Å². The topological polar surface area (TPSA) is 32.3 Å². The molecule has 2 rings (SSSR count). The zero-order chi connectivity index (χ0) is 13.0. The first-order valence-electron chi connectivity index (χ1n) is 6.38. The molecule has 1 amide bonds. The summed E-state index contributed by atoms with van der Waals surface area (Å²) in [5.41, 5.74) is 1.17. The molecule has 1 heterocycles. The van der Waals surface area contributed by atoms with Gasteiger partial charge >= 0.3 is 0 Å². The van der Waals surface area contributed by atoms with Crippen molar-refractivity contribution in [3.63, 3.8) is 0 Å². The molecule has 1 saturated heterocycles. The second-order valence-corrected chi connectivity index (χ2v) is 5.45. The maximum atomic E-state index is 12.3. The molecule has 2 unspecified atom stereocenters.